The Morgan fingerprint density at radius 2 is 0.831 bits per heavy atom. The minimum atomic E-state index is -0.0999. The SMILES string of the molecule is CC1(C)c2ccccc2-c2cccc(-c3cccc(-c4ccc(-c5cc(-c6ccccc6-c6cccc7ccccc67)nc(-c6ccccc6)n5)c5ccccc45)c3)c21. The maximum Gasteiger partial charge on any atom is 0.160 e. The predicted octanol–water partition coefficient (Wildman–Crippen LogP) is 15.1. The van der Waals surface area contributed by atoms with Crippen molar-refractivity contribution in [1.29, 1.82) is 0 Å². The minimum absolute atomic E-state index is 0.0999. The second-order valence-corrected chi connectivity index (χ2v) is 16.1. The Morgan fingerprint density at radius 3 is 1.64 bits per heavy atom. The van der Waals surface area contributed by atoms with Gasteiger partial charge in [0.2, 0.25) is 0 Å². The van der Waals surface area contributed by atoms with E-state index in [9.17, 15) is 0 Å². The van der Waals surface area contributed by atoms with Gasteiger partial charge in [0.1, 0.15) is 0 Å². The van der Waals surface area contributed by atoms with Crippen LogP contribution in [0.2, 0.25) is 0 Å². The molecule has 0 aliphatic heterocycles. The van der Waals surface area contributed by atoms with Crippen LogP contribution in [0, 0.1) is 0 Å². The highest BCUT2D eigenvalue weighted by molar-refractivity contribution is 6.06. The highest BCUT2D eigenvalue weighted by Crippen LogP contribution is 2.52. The molecule has 1 aliphatic carbocycles. The lowest BCUT2D eigenvalue weighted by atomic mass is 9.78. The summed E-state index contributed by atoms with van der Waals surface area (Å²) in [5.41, 5.74) is 17.5. The van der Waals surface area contributed by atoms with Crippen LogP contribution in [0.5, 0.6) is 0 Å². The van der Waals surface area contributed by atoms with Crippen LogP contribution in [-0.4, -0.2) is 9.97 Å². The van der Waals surface area contributed by atoms with E-state index < -0.39 is 0 Å². The predicted molar refractivity (Wildman–Crippen MR) is 247 cm³/mol. The molecular formula is C57H40N2. The molecule has 0 spiro atoms. The molecule has 0 radical (unpaired) electrons. The fourth-order valence-electron chi connectivity index (χ4n) is 9.56. The van der Waals surface area contributed by atoms with Crippen molar-refractivity contribution < 1.29 is 0 Å². The molecule has 0 N–H and O–H groups in total. The minimum Gasteiger partial charge on any atom is -0.228 e. The fraction of sp³-hybridized carbons (Fsp3) is 0.0526. The van der Waals surface area contributed by atoms with Crippen molar-refractivity contribution in [1.82, 2.24) is 9.97 Å². The van der Waals surface area contributed by atoms with Crippen molar-refractivity contribution >= 4 is 21.5 Å². The molecule has 59 heavy (non-hydrogen) atoms. The molecule has 0 saturated heterocycles. The summed E-state index contributed by atoms with van der Waals surface area (Å²) in [5.74, 6) is 0.701. The van der Waals surface area contributed by atoms with Gasteiger partial charge in [-0.1, -0.05) is 208 Å². The quantitative estimate of drug-likeness (QED) is 0.169. The van der Waals surface area contributed by atoms with Crippen LogP contribution in [0.4, 0.5) is 0 Å². The van der Waals surface area contributed by atoms with Crippen LogP contribution < -0.4 is 0 Å². The van der Waals surface area contributed by atoms with E-state index in [0.29, 0.717) is 5.82 Å². The number of benzene rings is 9. The van der Waals surface area contributed by atoms with Gasteiger partial charge in [0, 0.05) is 22.1 Å². The number of aromatic nitrogens is 2. The lowest BCUT2D eigenvalue weighted by molar-refractivity contribution is 0.662. The molecule has 278 valence electrons. The molecule has 0 bridgehead atoms. The molecule has 9 aromatic carbocycles. The molecule has 1 heterocycles. The molecule has 0 fully saturated rings. The maximum absolute atomic E-state index is 5.31. The zero-order valence-corrected chi connectivity index (χ0v) is 33.0. The monoisotopic (exact) mass is 752 g/mol. The van der Waals surface area contributed by atoms with Gasteiger partial charge in [-0.05, 0) is 89.3 Å². The average Bonchev–Trinajstić information content (AvgIpc) is 3.54. The van der Waals surface area contributed by atoms with E-state index in [-0.39, 0.29) is 5.41 Å². The van der Waals surface area contributed by atoms with E-state index in [0.717, 1.165) is 39.0 Å². The Kier molecular flexibility index (Phi) is 8.20. The number of nitrogens with zero attached hydrogens (tertiary/aromatic N) is 2. The largest absolute Gasteiger partial charge is 0.228 e. The summed E-state index contributed by atoms with van der Waals surface area (Å²) in [6, 6.07) is 74.3. The first-order valence-corrected chi connectivity index (χ1v) is 20.4. The molecule has 0 amide bonds. The van der Waals surface area contributed by atoms with Crippen molar-refractivity contribution in [3.05, 3.63) is 217 Å². The van der Waals surface area contributed by atoms with Crippen LogP contribution in [-0.2, 0) is 5.41 Å². The summed E-state index contributed by atoms with van der Waals surface area (Å²) in [4.78, 5) is 10.6. The van der Waals surface area contributed by atoms with E-state index in [2.05, 4.69) is 214 Å². The maximum atomic E-state index is 5.31. The van der Waals surface area contributed by atoms with E-state index in [1.165, 1.54) is 66.2 Å². The first-order chi connectivity index (χ1) is 29.0. The van der Waals surface area contributed by atoms with Gasteiger partial charge in [0.25, 0.3) is 0 Å². The second-order valence-electron chi connectivity index (χ2n) is 16.1. The molecule has 0 atom stereocenters. The van der Waals surface area contributed by atoms with E-state index in [1.807, 2.05) is 6.07 Å². The summed E-state index contributed by atoms with van der Waals surface area (Å²) in [6.45, 7) is 4.72. The molecule has 11 rings (SSSR count). The van der Waals surface area contributed by atoms with Gasteiger partial charge in [0.05, 0.1) is 11.4 Å². The number of hydrogen-bond donors (Lipinski definition) is 0. The first-order valence-electron chi connectivity index (χ1n) is 20.4. The third-order valence-corrected chi connectivity index (χ3v) is 12.3. The normalized spacial score (nSPS) is 12.7. The topological polar surface area (TPSA) is 25.8 Å². The Labute approximate surface area is 345 Å². The molecule has 0 unspecified atom stereocenters. The zero-order chi connectivity index (χ0) is 39.5. The van der Waals surface area contributed by atoms with Crippen LogP contribution in [0.15, 0.2) is 206 Å². The molecule has 1 aromatic heterocycles. The summed E-state index contributed by atoms with van der Waals surface area (Å²) < 4.78 is 0. The first kappa shape index (κ1) is 34.8. The summed E-state index contributed by atoms with van der Waals surface area (Å²) >= 11 is 0. The summed E-state index contributed by atoms with van der Waals surface area (Å²) in [6.07, 6.45) is 0. The van der Waals surface area contributed by atoms with Gasteiger partial charge >= 0.3 is 0 Å². The van der Waals surface area contributed by atoms with Gasteiger partial charge in [-0.15, -0.1) is 0 Å². The van der Waals surface area contributed by atoms with Crippen molar-refractivity contribution in [2.75, 3.05) is 0 Å². The number of rotatable bonds is 6. The lowest BCUT2D eigenvalue weighted by Gasteiger charge is -2.24. The molecule has 2 nitrogen and oxygen atoms in total. The Balaban J connectivity index is 1.06. The van der Waals surface area contributed by atoms with Crippen molar-refractivity contribution in [3.8, 4) is 78.4 Å². The lowest BCUT2D eigenvalue weighted by Crippen LogP contribution is -2.16. The average molecular weight is 753 g/mol. The van der Waals surface area contributed by atoms with Crippen LogP contribution in [0.25, 0.3) is 100.0 Å². The van der Waals surface area contributed by atoms with Gasteiger partial charge in [-0.25, -0.2) is 9.97 Å². The van der Waals surface area contributed by atoms with Gasteiger partial charge in [-0.3, -0.25) is 0 Å². The number of hydrogen-bond acceptors (Lipinski definition) is 2. The standard InChI is InChI=1S/C57H40N2/c1-57(2)52-32-13-12-27-48(52)51-31-16-29-43(55(51)57)40-22-14-21-39(35-40)42-33-34-50(47-26-9-8-24-44(42)47)54-36-53(58-56(59-54)38-18-4-3-5-19-38)49-28-11-10-25-46(49)45-30-15-20-37-17-6-7-23-41(37)45/h3-36H,1-2H3. The third kappa shape index (κ3) is 5.79. The van der Waals surface area contributed by atoms with Crippen LogP contribution in [0.1, 0.15) is 25.0 Å². The fourth-order valence-corrected chi connectivity index (χ4v) is 9.56. The molecule has 2 heteroatoms. The summed E-state index contributed by atoms with van der Waals surface area (Å²) in [7, 11) is 0. The van der Waals surface area contributed by atoms with E-state index in [1.54, 1.807) is 0 Å². The van der Waals surface area contributed by atoms with E-state index >= 15 is 0 Å². The zero-order valence-electron chi connectivity index (χ0n) is 33.0. The Hall–Kier alpha value is -7.42. The van der Waals surface area contributed by atoms with Gasteiger partial charge in [-0.2, -0.15) is 0 Å². The second kappa shape index (κ2) is 13.9. The van der Waals surface area contributed by atoms with Crippen LogP contribution >= 0.6 is 0 Å². The highest BCUT2D eigenvalue weighted by atomic mass is 14.9. The smallest absolute Gasteiger partial charge is 0.160 e. The third-order valence-electron chi connectivity index (χ3n) is 12.3. The van der Waals surface area contributed by atoms with Crippen molar-refractivity contribution in [2.24, 2.45) is 0 Å². The van der Waals surface area contributed by atoms with Crippen LogP contribution in [0.3, 0.4) is 0 Å². The van der Waals surface area contributed by atoms with Gasteiger partial charge in [0.15, 0.2) is 5.82 Å². The summed E-state index contributed by atoms with van der Waals surface area (Å²) in [5, 5.41) is 4.77. The van der Waals surface area contributed by atoms with E-state index in [4.69, 9.17) is 9.97 Å². The van der Waals surface area contributed by atoms with Crippen molar-refractivity contribution in [3.63, 3.8) is 0 Å². The molecule has 1 aliphatic rings. The molecule has 10 aromatic rings. The van der Waals surface area contributed by atoms with Crippen molar-refractivity contribution in [2.45, 2.75) is 19.3 Å². The molecule has 0 saturated carbocycles. The Bertz CT molecular complexity index is 3240. The molecular weight excluding hydrogens is 713 g/mol. The number of fused-ring (bicyclic) bond motifs is 5. The Morgan fingerprint density at radius 1 is 0.322 bits per heavy atom. The van der Waals surface area contributed by atoms with Gasteiger partial charge < -0.3 is 0 Å². The highest BCUT2D eigenvalue weighted by Gasteiger charge is 2.37.